The first-order valence-electron chi connectivity index (χ1n) is 8.85. The van der Waals surface area contributed by atoms with Crippen molar-refractivity contribution in [2.24, 2.45) is 11.8 Å². The van der Waals surface area contributed by atoms with Crippen LogP contribution >= 0.6 is 11.8 Å². The molecule has 0 bridgehead atoms. The Morgan fingerprint density at radius 2 is 1.95 bits per heavy atom. The van der Waals surface area contributed by atoms with Crippen LogP contribution in [0.4, 0.5) is 0 Å². The fourth-order valence-corrected chi connectivity index (χ4v) is 4.02. The Hall–Kier alpha value is -0.680. The van der Waals surface area contributed by atoms with Gasteiger partial charge in [0.2, 0.25) is 0 Å². The van der Waals surface area contributed by atoms with Gasteiger partial charge in [0.05, 0.1) is 11.7 Å². The molecule has 0 aromatic rings. The third kappa shape index (κ3) is 5.84. The van der Waals surface area contributed by atoms with Crippen LogP contribution in [0, 0.1) is 23.7 Å². The molecule has 0 radical (unpaired) electrons. The molecule has 2 unspecified atom stereocenters. The van der Waals surface area contributed by atoms with E-state index in [4.69, 9.17) is 0 Å². The van der Waals surface area contributed by atoms with Crippen molar-refractivity contribution in [1.29, 1.82) is 0 Å². The van der Waals surface area contributed by atoms with E-state index < -0.39 is 0 Å². The van der Waals surface area contributed by atoms with Crippen molar-refractivity contribution in [2.75, 3.05) is 5.75 Å². The maximum absolute atomic E-state index is 12.0. The lowest BCUT2D eigenvalue weighted by Gasteiger charge is -2.29. The molecule has 1 nitrogen and oxygen atoms in total. The Kier molecular flexibility index (Phi) is 8.95. The first-order chi connectivity index (χ1) is 10.5. The van der Waals surface area contributed by atoms with Gasteiger partial charge in [-0.15, -0.1) is 11.8 Å². The Morgan fingerprint density at radius 1 is 1.23 bits per heavy atom. The number of carbonyl (C=O) groups excluding carboxylic acids is 1. The maximum Gasteiger partial charge on any atom is 0.136 e. The van der Waals surface area contributed by atoms with Crippen molar-refractivity contribution in [1.82, 2.24) is 0 Å². The summed E-state index contributed by atoms with van der Waals surface area (Å²) >= 11 is 1.99. The monoisotopic (exact) mass is 320 g/mol. The molecule has 22 heavy (non-hydrogen) atoms. The fraction of sp³-hybridized carbons (Fsp3) is 0.750. The van der Waals surface area contributed by atoms with E-state index >= 15 is 0 Å². The van der Waals surface area contributed by atoms with Gasteiger partial charge in [-0.05, 0) is 31.6 Å². The third-order valence-electron chi connectivity index (χ3n) is 4.45. The van der Waals surface area contributed by atoms with Crippen LogP contribution in [0.15, 0.2) is 11.1 Å². The topological polar surface area (TPSA) is 17.1 Å². The molecular formula is C20H32OS. The van der Waals surface area contributed by atoms with E-state index in [2.05, 4.69) is 39.5 Å². The number of ketones is 1. The largest absolute Gasteiger partial charge is 0.299 e. The van der Waals surface area contributed by atoms with Gasteiger partial charge in [0.25, 0.3) is 0 Å². The van der Waals surface area contributed by atoms with Gasteiger partial charge < -0.3 is 0 Å². The minimum Gasteiger partial charge on any atom is -0.299 e. The standard InChI is InChI=1S/C20H32OS/c1-6-16(14-17(21)7-2)18(12-11-15(4)5)19-10-9-13-22-20(19)8-3/h15,19-20H,6-8,11-14H2,1-5H3/b18-16+. The van der Waals surface area contributed by atoms with Crippen LogP contribution in [-0.4, -0.2) is 16.8 Å². The maximum atomic E-state index is 12.0. The summed E-state index contributed by atoms with van der Waals surface area (Å²) in [6.45, 7) is 11.0. The average Bonchev–Trinajstić information content (AvgIpc) is 2.53. The van der Waals surface area contributed by atoms with Gasteiger partial charge in [-0.25, -0.2) is 0 Å². The van der Waals surface area contributed by atoms with E-state index in [-0.39, 0.29) is 0 Å². The number of rotatable bonds is 9. The van der Waals surface area contributed by atoms with Crippen molar-refractivity contribution in [3.63, 3.8) is 0 Å². The predicted octanol–water partition coefficient (Wildman–Crippen LogP) is 5.64. The van der Waals surface area contributed by atoms with Crippen LogP contribution in [0.5, 0.6) is 0 Å². The molecule has 0 saturated carbocycles. The van der Waals surface area contributed by atoms with Gasteiger partial charge in [-0.1, -0.05) is 57.6 Å². The van der Waals surface area contributed by atoms with Crippen molar-refractivity contribution < 1.29 is 4.79 Å². The minimum absolute atomic E-state index is 0.363. The fourth-order valence-electron chi connectivity index (χ4n) is 2.98. The van der Waals surface area contributed by atoms with Crippen molar-refractivity contribution in [3.05, 3.63) is 11.1 Å². The molecule has 0 aromatic heterocycles. The summed E-state index contributed by atoms with van der Waals surface area (Å²) in [6, 6.07) is 0. The Morgan fingerprint density at radius 3 is 2.50 bits per heavy atom. The summed E-state index contributed by atoms with van der Waals surface area (Å²) in [5, 5.41) is 0.599. The quantitative estimate of drug-likeness (QED) is 0.404. The lowest BCUT2D eigenvalue weighted by atomic mass is 9.83. The number of Topliss-reactive ketones (excluding diaryl/α,β-unsaturated/α-hetero) is 1. The van der Waals surface area contributed by atoms with E-state index in [1.807, 2.05) is 18.7 Å². The van der Waals surface area contributed by atoms with Crippen molar-refractivity contribution in [2.45, 2.75) is 78.4 Å². The summed E-state index contributed by atoms with van der Waals surface area (Å²) in [7, 11) is 0. The summed E-state index contributed by atoms with van der Waals surface area (Å²) in [5.41, 5.74) is 2.86. The highest BCUT2D eigenvalue weighted by Crippen LogP contribution is 2.36. The Labute approximate surface area is 141 Å². The predicted molar refractivity (Wildman–Crippen MR) is 99.1 cm³/mol. The highest BCUT2D eigenvalue weighted by molar-refractivity contribution is 8.00. The van der Waals surface area contributed by atoms with E-state index in [0.29, 0.717) is 35.7 Å². The van der Waals surface area contributed by atoms with Crippen LogP contribution in [0.1, 0.15) is 73.1 Å². The molecule has 2 heteroatoms. The second-order valence-corrected chi connectivity index (χ2v) is 7.77. The zero-order valence-corrected chi connectivity index (χ0v) is 15.8. The average molecular weight is 321 g/mol. The molecule has 1 rings (SSSR count). The van der Waals surface area contributed by atoms with Crippen molar-refractivity contribution >= 4 is 17.5 Å². The van der Waals surface area contributed by atoms with Crippen LogP contribution in [0.25, 0.3) is 0 Å². The summed E-state index contributed by atoms with van der Waals surface area (Å²) < 4.78 is 0. The number of allylic oxidation sites excluding steroid dienone is 2. The Balaban J connectivity index is 3.12. The molecule has 1 heterocycles. The van der Waals surface area contributed by atoms with Gasteiger partial charge in [0.1, 0.15) is 5.78 Å². The molecular weight excluding hydrogens is 288 g/mol. The first kappa shape index (κ1) is 19.4. The summed E-state index contributed by atoms with van der Waals surface area (Å²) in [4.78, 5) is 12.0. The smallest absolute Gasteiger partial charge is 0.136 e. The summed E-state index contributed by atoms with van der Waals surface area (Å²) in [5.74, 6) is 9.20. The normalized spacial score (nSPS) is 22.1. The van der Waals surface area contributed by atoms with Gasteiger partial charge in [0.15, 0.2) is 0 Å². The lowest BCUT2D eigenvalue weighted by Crippen LogP contribution is -2.22. The highest BCUT2D eigenvalue weighted by Gasteiger charge is 2.26. The third-order valence-corrected chi connectivity index (χ3v) is 5.80. The zero-order valence-electron chi connectivity index (χ0n) is 15.0. The van der Waals surface area contributed by atoms with E-state index in [1.165, 1.54) is 17.6 Å². The second kappa shape index (κ2) is 10.2. The van der Waals surface area contributed by atoms with Gasteiger partial charge in [-0.3, -0.25) is 4.79 Å². The van der Waals surface area contributed by atoms with Gasteiger partial charge in [-0.2, -0.15) is 0 Å². The molecule has 1 aliphatic heterocycles. The molecule has 0 saturated heterocycles. The molecule has 0 aromatic carbocycles. The zero-order chi connectivity index (χ0) is 16.5. The van der Waals surface area contributed by atoms with Crippen LogP contribution in [0.2, 0.25) is 0 Å². The van der Waals surface area contributed by atoms with Gasteiger partial charge >= 0.3 is 0 Å². The highest BCUT2D eigenvalue weighted by atomic mass is 32.2. The van der Waals surface area contributed by atoms with Crippen molar-refractivity contribution in [3.8, 4) is 11.8 Å². The van der Waals surface area contributed by atoms with Gasteiger partial charge in [0, 0.05) is 18.1 Å². The molecule has 2 atom stereocenters. The SMILES string of the molecule is CCC(=O)C/C(CC)=C(\CCC(C)C)C1C#CCSC1CC. The van der Waals surface area contributed by atoms with E-state index in [0.717, 1.165) is 25.0 Å². The Bertz CT molecular complexity index is 450. The molecule has 0 fully saturated rings. The van der Waals surface area contributed by atoms with Crippen LogP contribution < -0.4 is 0 Å². The molecule has 0 spiro atoms. The molecule has 1 aliphatic rings. The number of hydrogen-bond donors (Lipinski definition) is 0. The number of thioether (sulfide) groups is 1. The minimum atomic E-state index is 0.363. The number of hydrogen-bond acceptors (Lipinski definition) is 2. The first-order valence-corrected chi connectivity index (χ1v) is 9.90. The molecule has 0 N–H and O–H groups in total. The van der Waals surface area contributed by atoms with E-state index in [9.17, 15) is 4.79 Å². The molecule has 0 aliphatic carbocycles. The molecule has 0 amide bonds. The lowest BCUT2D eigenvalue weighted by molar-refractivity contribution is -0.118. The second-order valence-electron chi connectivity index (χ2n) is 6.54. The summed E-state index contributed by atoms with van der Waals surface area (Å²) in [6.07, 6.45) is 5.72. The molecule has 124 valence electrons. The number of carbonyl (C=O) groups is 1. The van der Waals surface area contributed by atoms with Crippen LogP contribution in [-0.2, 0) is 4.79 Å². The van der Waals surface area contributed by atoms with E-state index in [1.54, 1.807) is 0 Å². The van der Waals surface area contributed by atoms with Crippen LogP contribution in [0.3, 0.4) is 0 Å².